The van der Waals surface area contributed by atoms with Crippen LogP contribution in [0.25, 0.3) is 0 Å². The number of nitrogens with one attached hydrogen (secondary N) is 1. The number of nitrogens with zero attached hydrogens (tertiary/aromatic N) is 2. The number of para-hydroxylation sites is 1. The van der Waals surface area contributed by atoms with E-state index in [1.165, 1.54) is 4.31 Å². The number of sulfonamides is 1. The van der Waals surface area contributed by atoms with Crippen molar-refractivity contribution in [1.82, 2.24) is 9.21 Å². The average Bonchev–Trinajstić information content (AvgIpc) is 2.67. The zero-order chi connectivity index (χ0) is 19.4. The number of carbonyl (C=O) groups is 1. The lowest BCUT2D eigenvalue weighted by Gasteiger charge is -2.34. The van der Waals surface area contributed by atoms with Crippen LogP contribution in [0.4, 0.5) is 5.69 Å². The van der Waals surface area contributed by atoms with Crippen LogP contribution in [0.3, 0.4) is 0 Å². The Bertz CT molecular complexity index is 908. The number of amides is 1. The second-order valence-corrected chi connectivity index (χ2v) is 8.78. The number of halogens is 1. The largest absolute Gasteiger partial charge is 0.375 e. The van der Waals surface area contributed by atoms with E-state index in [2.05, 4.69) is 5.32 Å². The highest BCUT2D eigenvalue weighted by molar-refractivity contribution is 7.89. The van der Waals surface area contributed by atoms with Crippen molar-refractivity contribution in [2.45, 2.75) is 11.8 Å². The number of anilines is 1. The number of rotatable bonds is 5. The van der Waals surface area contributed by atoms with Crippen LogP contribution in [-0.2, 0) is 14.8 Å². The first kappa shape index (κ1) is 19.7. The number of piperazine rings is 1. The monoisotopic (exact) mass is 407 g/mol. The third-order valence-corrected chi connectivity index (χ3v) is 6.80. The number of carbonyl (C=O) groups excluding carboxylic acids is 1. The molecule has 0 bridgehead atoms. The van der Waals surface area contributed by atoms with Crippen molar-refractivity contribution in [3.63, 3.8) is 0 Å². The van der Waals surface area contributed by atoms with Crippen molar-refractivity contribution in [2.75, 3.05) is 38.0 Å². The molecule has 27 heavy (non-hydrogen) atoms. The predicted molar refractivity (Wildman–Crippen MR) is 106 cm³/mol. The summed E-state index contributed by atoms with van der Waals surface area (Å²) in [5.74, 6) is -0.0812. The van der Waals surface area contributed by atoms with E-state index in [1.54, 1.807) is 35.2 Å². The Morgan fingerprint density at radius 2 is 1.67 bits per heavy atom. The summed E-state index contributed by atoms with van der Waals surface area (Å²) in [6.45, 7) is 3.34. The molecule has 0 aromatic heterocycles. The molecule has 8 heteroatoms. The first-order valence-corrected chi connectivity index (χ1v) is 10.5. The minimum atomic E-state index is -3.53. The highest BCUT2D eigenvalue weighted by Gasteiger charge is 2.29. The third kappa shape index (κ3) is 4.61. The molecule has 1 saturated heterocycles. The molecule has 0 aliphatic carbocycles. The van der Waals surface area contributed by atoms with Gasteiger partial charge >= 0.3 is 0 Å². The normalized spacial score (nSPS) is 15.6. The van der Waals surface area contributed by atoms with Gasteiger partial charge in [-0.15, -0.1) is 0 Å². The Labute approximate surface area is 164 Å². The lowest BCUT2D eigenvalue weighted by molar-refractivity contribution is -0.130. The molecule has 2 aromatic carbocycles. The molecule has 0 unspecified atom stereocenters. The minimum absolute atomic E-state index is 0.0812. The number of hydrogen-bond donors (Lipinski definition) is 1. The second kappa shape index (κ2) is 8.29. The summed E-state index contributed by atoms with van der Waals surface area (Å²) in [6.07, 6.45) is 0. The van der Waals surface area contributed by atoms with Crippen molar-refractivity contribution in [3.8, 4) is 0 Å². The van der Waals surface area contributed by atoms with Crippen molar-refractivity contribution in [3.05, 3.63) is 59.1 Å². The van der Waals surface area contributed by atoms with Gasteiger partial charge in [0.1, 0.15) is 0 Å². The molecule has 2 aromatic rings. The van der Waals surface area contributed by atoms with Gasteiger partial charge in [0, 0.05) is 26.2 Å². The highest BCUT2D eigenvalue weighted by atomic mass is 35.5. The number of aryl methyl sites for hydroxylation is 1. The predicted octanol–water partition coefficient (Wildman–Crippen LogP) is 2.59. The van der Waals surface area contributed by atoms with Crippen LogP contribution in [0.5, 0.6) is 0 Å². The van der Waals surface area contributed by atoms with Crippen LogP contribution in [0.2, 0.25) is 5.02 Å². The molecule has 1 amide bonds. The summed E-state index contributed by atoms with van der Waals surface area (Å²) in [5.41, 5.74) is 1.71. The molecule has 1 aliphatic rings. The molecule has 1 aliphatic heterocycles. The van der Waals surface area contributed by atoms with Crippen LogP contribution in [0.1, 0.15) is 5.56 Å². The second-order valence-electron chi connectivity index (χ2n) is 6.43. The summed E-state index contributed by atoms with van der Waals surface area (Å²) in [6, 6.07) is 14.0. The van der Waals surface area contributed by atoms with E-state index >= 15 is 0 Å². The van der Waals surface area contributed by atoms with Gasteiger partial charge in [0.2, 0.25) is 15.9 Å². The van der Waals surface area contributed by atoms with E-state index in [-0.39, 0.29) is 30.4 Å². The van der Waals surface area contributed by atoms with E-state index in [0.717, 1.165) is 5.56 Å². The molecule has 0 atom stereocenters. The van der Waals surface area contributed by atoms with Crippen LogP contribution in [0, 0.1) is 6.92 Å². The fraction of sp³-hybridized carbons (Fsp3) is 0.316. The zero-order valence-electron chi connectivity index (χ0n) is 15.1. The molecule has 144 valence electrons. The Kier molecular flexibility index (Phi) is 6.04. The summed E-state index contributed by atoms with van der Waals surface area (Å²) in [7, 11) is -3.53. The van der Waals surface area contributed by atoms with E-state index < -0.39 is 10.0 Å². The molecular formula is C19H22ClN3O3S. The summed E-state index contributed by atoms with van der Waals surface area (Å²) in [4.78, 5) is 14.4. The van der Waals surface area contributed by atoms with Crippen LogP contribution in [-0.4, -0.2) is 56.3 Å². The Morgan fingerprint density at radius 1 is 1.04 bits per heavy atom. The first-order chi connectivity index (χ1) is 12.9. The van der Waals surface area contributed by atoms with E-state index in [1.807, 2.05) is 25.1 Å². The van der Waals surface area contributed by atoms with E-state index in [9.17, 15) is 13.2 Å². The van der Waals surface area contributed by atoms with Crippen molar-refractivity contribution < 1.29 is 13.2 Å². The number of hydrogen-bond acceptors (Lipinski definition) is 4. The lowest BCUT2D eigenvalue weighted by Crippen LogP contribution is -2.51. The number of benzene rings is 2. The van der Waals surface area contributed by atoms with Crippen molar-refractivity contribution >= 4 is 33.2 Å². The van der Waals surface area contributed by atoms with Gasteiger partial charge in [-0.3, -0.25) is 4.79 Å². The topological polar surface area (TPSA) is 69.7 Å². The maximum atomic E-state index is 12.7. The van der Waals surface area contributed by atoms with Gasteiger partial charge in [-0.1, -0.05) is 41.4 Å². The Morgan fingerprint density at radius 3 is 2.30 bits per heavy atom. The van der Waals surface area contributed by atoms with Crippen molar-refractivity contribution in [1.29, 1.82) is 0 Å². The highest BCUT2D eigenvalue weighted by Crippen LogP contribution is 2.21. The van der Waals surface area contributed by atoms with E-state index in [0.29, 0.717) is 23.8 Å². The minimum Gasteiger partial charge on any atom is -0.375 e. The van der Waals surface area contributed by atoms with Crippen LogP contribution >= 0.6 is 11.6 Å². The van der Waals surface area contributed by atoms with Crippen LogP contribution in [0.15, 0.2) is 53.4 Å². The fourth-order valence-corrected chi connectivity index (χ4v) is 4.55. The van der Waals surface area contributed by atoms with Gasteiger partial charge in [-0.25, -0.2) is 8.42 Å². The lowest BCUT2D eigenvalue weighted by atomic mass is 10.2. The maximum absolute atomic E-state index is 12.7. The van der Waals surface area contributed by atoms with Gasteiger partial charge in [-0.2, -0.15) is 4.31 Å². The third-order valence-electron chi connectivity index (χ3n) is 4.55. The standard InChI is InChI=1S/C19H22ClN3O3S/c1-15-6-8-16(9-7-15)27(25,26)23-12-10-22(11-13-23)19(24)14-21-18-5-3-2-4-17(18)20/h2-9,21H,10-14H2,1H3. The quantitative estimate of drug-likeness (QED) is 0.827. The molecule has 0 radical (unpaired) electrons. The van der Waals surface area contributed by atoms with Gasteiger partial charge in [0.15, 0.2) is 0 Å². The first-order valence-electron chi connectivity index (χ1n) is 8.71. The average molecular weight is 408 g/mol. The molecule has 0 spiro atoms. The summed E-state index contributed by atoms with van der Waals surface area (Å²) < 4.78 is 26.9. The summed E-state index contributed by atoms with van der Waals surface area (Å²) in [5, 5.41) is 3.58. The Balaban J connectivity index is 1.56. The van der Waals surface area contributed by atoms with Crippen molar-refractivity contribution in [2.24, 2.45) is 0 Å². The fourth-order valence-electron chi connectivity index (χ4n) is 2.92. The maximum Gasteiger partial charge on any atom is 0.243 e. The molecular weight excluding hydrogens is 386 g/mol. The molecule has 0 saturated carbocycles. The molecule has 1 N–H and O–H groups in total. The van der Waals surface area contributed by atoms with E-state index in [4.69, 9.17) is 11.6 Å². The summed E-state index contributed by atoms with van der Waals surface area (Å²) >= 11 is 6.07. The molecule has 6 nitrogen and oxygen atoms in total. The van der Waals surface area contributed by atoms with Gasteiger partial charge in [0.25, 0.3) is 0 Å². The van der Waals surface area contributed by atoms with Gasteiger partial charge in [-0.05, 0) is 31.2 Å². The molecule has 3 rings (SSSR count). The zero-order valence-corrected chi connectivity index (χ0v) is 16.6. The van der Waals surface area contributed by atoms with Crippen LogP contribution < -0.4 is 5.32 Å². The molecule has 1 fully saturated rings. The smallest absolute Gasteiger partial charge is 0.243 e. The van der Waals surface area contributed by atoms with Gasteiger partial charge in [0.05, 0.1) is 22.2 Å². The van der Waals surface area contributed by atoms with Gasteiger partial charge < -0.3 is 10.2 Å². The molecule has 1 heterocycles. The Hall–Kier alpha value is -2.09. The SMILES string of the molecule is Cc1ccc(S(=O)(=O)N2CCN(C(=O)CNc3ccccc3Cl)CC2)cc1.